The van der Waals surface area contributed by atoms with Gasteiger partial charge in [0.25, 0.3) is 0 Å². The van der Waals surface area contributed by atoms with Crippen LogP contribution in [0.5, 0.6) is 0 Å². The van der Waals surface area contributed by atoms with Gasteiger partial charge in [0, 0.05) is 5.92 Å². The summed E-state index contributed by atoms with van der Waals surface area (Å²) in [5.41, 5.74) is 0. The fraction of sp³-hybridized carbons (Fsp3) is 0.778. The summed E-state index contributed by atoms with van der Waals surface area (Å²) in [6.07, 6.45) is 8.22. The van der Waals surface area contributed by atoms with Gasteiger partial charge in [-0.3, -0.25) is 0 Å². The number of hydrogen-bond acceptors (Lipinski definition) is 3. The average molecular weight is 308 g/mol. The predicted octanol–water partition coefficient (Wildman–Crippen LogP) is 3.58. The van der Waals surface area contributed by atoms with Gasteiger partial charge in [-0.25, -0.2) is 0 Å². The first-order chi connectivity index (χ1) is 6.36. The molecule has 0 aromatic carbocycles. The molecule has 72 valence electrons. The van der Waals surface area contributed by atoms with E-state index in [9.17, 15) is 0 Å². The largest absolute Gasteiger partial charge is 0.178 e. The summed E-state index contributed by atoms with van der Waals surface area (Å²) < 4.78 is 1.08. The third-order valence-corrected chi connectivity index (χ3v) is 4.37. The molecule has 13 heavy (non-hydrogen) atoms. The quantitative estimate of drug-likeness (QED) is 0.585. The Hall–Kier alpha value is 0.290. The normalized spacial score (nSPS) is 20.1. The summed E-state index contributed by atoms with van der Waals surface area (Å²) in [4.78, 5) is 0. The van der Waals surface area contributed by atoms with Crippen LogP contribution in [-0.4, -0.2) is 10.2 Å². The maximum absolute atomic E-state index is 4.24. The van der Waals surface area contributed by atoms with Crippen molar-refractivity contribution >= 4 is 33.9 Å². The minimum atomic E-state index is 0.712. The Morgan fingerprint density at radius 1 is 1.08 bits per heavy atom. The molecule has 0 bridgehead atoms. The number of rotatable bonds is 1. The molecule has 0 amide bonds. The van der Waals surface area contributed by atoms with E-state index in [0.29, 0.717) is 5.92 Å². The molecule has 2 nitrogen and oxygen atoms in total. The maximum Gasteiger partial charge on any atom is 0.178 e. The van der Waals surface area contributed by atoms with Crippen molar-refractivity contribution in [1.82, 2.24) is 10.2 Å². The van der Waals surface area contributed by atoms with Gasteiger partial charge in [0.1, 0.15) is 5.01 Å². The van der Waals surface area contributed by atoms with E-state index >= 15 is 0 Å². The lowest BCUT2D eigenvalue weighted by Crippen LogP contribution is -1.96. The van der Waals surface area contributed by atoms with Gasteiger partial charge in [-0.2, -0.15) is 0 Å². The van der Waals surface area contributed by atoms with E-state index in [0.717, 1.165) is 3.01 Å². The first-order valence-corrected chi connectivity index (χ1v) is 6.74. The molecule has 1 aromatic rings. The van der Waals surface area contributed by atoms with Crippen molar-refractivity contribution in [3.63, 3.8) is 0 Å². The highest BCUT2D eigenvalue weighted by atomic mass is 127. The Kier molecular flexibility index (Phi) is 3.54. The van der Waals surface area contributed by atoms with Gasteiger partial charge < -0.3 is 0 Å². The van der Waals surface area contributed by atoms with Crippen molar-refractivity contribution in [3.8, 4) is 0 Å². The minimum Gasteiger partial charge on any atom is -0.142 e. The summed E-state index contributed by atoms with van der Waals surface area (Å²) in [5.74, 6) is 0.712. The average Bonchev–Trinajstić information content (AvgIpc) is 2.43. The lowest BCUT2D eigenvalue weighted by molar-refractivity contribution is 0.584. The van der Waals surface area contributed by atoms with Crippen LogP contribution < -0.4 is 0 Å². The number of aromatic nitrogens is 2. The lowest BCUT2D eigenvalue weighted by atomic mass is 10.0. The van der Waals surface area contributed by atoms with Crippen LogP contribution in [0.2, 0.25) is 0 Å². The topological polar surface area (TPSA) is 25.8 Å². The molecule has 1 aliphatic carbocycles. The fourth-order valence-electron chi connectivity index (χ4n) is 1.91. The van der Waals surface area contributed by atoms with E-state index in [1.165, 1.54) is 43.5 Å². The van der Waals surface area contributed by atoms with Crippen LogP contribution in [0.3, 0.4) is 0 Å². The second-order valence-corrected chi connectivity index (χ2v) is 6.34. The molecule has 0 N–H and O–H groups in total. The van der Waals surface area contributed by atoms with Crippen LogP contribution in [0.15, 0.2) is 0 Å². The zero-order valence-electron chi connectivity index (χ0n) is 7.50. The molecule has 2 rings (SSSR count). The summed E-state index contributed by atoms with van der Waals surface area (Å²) in [5, 5.41) is 9.59. The van der Waals surface area contributed by atoms with E-state index in [1.807, 2.05) is 0 Å². The van der Waals surface area contributed by atoms with E-state index < -0.39 is 0 Å². The second kappa shape index (κ2) is 4.68. The van der Waals surface area contributed by atoms with E-state index in [-0.39, 0.29) is 0 Å². The van der Waals surface area contributed by atoms with E-state index in [4.69, 9.17) is 0 Å². The summed E-state index contributed by atoms with van der Waals surface area (Å²) in [7, 11) is 0. The van der Waals surface area contributed by atoms with Crippen LogP contribution in [0.4, 0.5) is 0 Å². The van der Waals surface area contributed by atoms with Crippen LogP contribution in [-0.2, 0) is 0 Å². The molecule has 1 saturated carbocycles. The molecule has 1 aliphatic rings. The molecule has 1 heterocycles. The van der Waals surface area contributed by atoms with E-state index in [2.05, 4.69) is 32.8 Å². The van der Waals surface area contributed by atoms with Crippen molar-refractivity contribution in [2.75, 3.05) is 0 Å². The van der Waals surface area contributed by atoms with Gasteiger partial charge >= 0.3 is 0 Å². The molecule has 0 atom stereocenters. The molecule has 4 heteroatoms. The predicted molar refractivity (Wildman–Crippen MR) is 63.1 cm³/mol. The number of hydrogen-bond donors (Lipinski definition) is 0. The zero-order chi connectivity index (χ0) is 9.10. The molecule has 1 fully saturated rings. The molecule has 0 saturated heterocycles. The summed E-state index contributed by atoms with van der Waals surface area (Å²) >= 11 is 4.02. The van der Waals surface area contributed by atoms with Crippen molar-refractivity contribution in [1.29, 1.82) is 0 Å². The number of halogens is 1. The first-order valence-electron chi connectivity index (χ1n) is 4.85. The molecule has 0 aliphatic heterocycles. The second-order valence-electron chi connectivity index (χ2n) is 3.58. The summed E-state index contributed by atoms with van der Waals surface area (Å²) in [6.45, 7) is 0. The smallest absolute Gasteiger partial charge is 0.142 e. The third-order valence-electron chi connectivity index (χ3n) is 2.62. The molecule has 1 aromatic heterocycles. The van der Waals surface area contributed by atoms with Gasteiger partial charge in [0.05, 0.1) is 0 Å². The number of nitrogens with zero attached hydrogens (tertiary/aromatic N) is 2. The van der Waals surface area contributed by atoms with Gasteiger partial charge in [0.15, 0.2) is 3.01 Å². The van der Waals surface area contributed by atoms with Gasteiger partial charge in [-0.05, 0) is 35.4 Å². The molecular weight excluding hydrogens is 295 g/mol. The molecular formula is C9H13IN2S. The van der Waals surface area contributed by atoms with Crippen LogP contribution in [0.1, 0.15) is 49.5 Å². The molecule has 0 unspecified atom stereocenters. The van der Waals surface area contributed by atoms with Crippen molar-refractivity contribution in [2.45, 2.75) is 44.4 Å². The van der Waals surface area contributed by atoms with Crippen molar-refractivity contribution in [3.05, 3.63) is 8.02 Å². The Morgan fingerprint density at radius 2 is 1.77 bits per heavy atom. The maximum atomic E-state index is 4.24. The monoisotopic (exact) mass is 308 g/mol. The van der Waals surface area contributed by atoms with E-state index in [1.54, 1.807) is 11.3 Å². The Bertz CT molecular complexity index is 266. The van der Waals surface area contributed by atoms with Crippen LogP contribution in [0, 0.1) is 3.01 Å². The Morgan fingerprint density at radius 3 is 2.31 bits per heavy atom. The van der Waals surface area contributed by atoms with Crippen LogP contribution >= 0.6 is 33.9 Å². The van der Waals surface area contributed by atoms with Gasteiger partial charge in [0.2, 0.25) is 0 Å². The highest BCUT2D eigenvalue weighted by Crippen LogP contribution is 2.33. The van der Waals surface area contributed by atoms with Crippen molar-refractivity contribution < 1.29 is 0 Å². The molecule has 0 spiro atoms. The molecule has 0 radical (unpaired) electrons. The van der Waals surface area contributed by atoms with Gasteiger partial charge in [-0.15, -0.1) is 10.2 Å². The highest BCUT2D eigenvalue weighted by Gasteiger charge is 2.17. The Balaban J connectivity index is 2.06. The third kappa shape index (κ3) is 2.62. The first kappa shape index (κ1) is 9.83. The highest BCUT2D eigenvalue weighted by molar-refractivity contribution is 14.1. The van der Waals surface area contributed by atoms with Crippen LogP contribution in [0.25, 0.3) is 0 Å². The summed E-state index contributed by atoms with van der Waals surface area (Å²) in [6, 6.07) is 0. The zero-order valence-corrected chi connectivity index (χ0v) is 10.5. The minimum absolute atomic E-state index is 0.712. The SMILES string of the molecule is Ic1nnc(C2CCCCCC2)s1. The lowest BCUT2D eigenvalue weighted by Gasteiger charge is -2.08. The Labute approximate surface area is 96.3 Å². The standard InChI is InChI=1S/C9H13IN2S/c10-9-12-11-8(13-9)7-5-3-1-2-4-6-7/h7H,1-6H2. The van der Waals surface area contributed by atoms with Gasteiger partial charge in [-0.1, -0.05) is 37.0 Å². The fourth-order valence-corrected chi connectivity index (χ4v) is 3.43. The van der Waals surface area contributed by atoms with Crippen molar-refractivity contribution in [2.24, 2.45) is 0 Å².